The molecule has 0 saturated carbocycles. The quantitative estimate of drug-likeness (QED) is 0.225. The van der Waals surface area contributed by atoms with Crippen molar-refractivity contribution in [2.75, 3.05) is 14.1 Å². The molecule has 0 aliphatic heterocycles. The largest absolute Gasteiger partial charge is 0.510 e. The number of Topliss-reactive ketones (excluding diaryl/α,β-unsaturated/α-hetero) is 2. The van der Waals surface area contributed by atoms with Crippen LogP contribution in [-0.4, -0.2) is 74.6 Å². The summed E-state index contributed by atoms with van der Waals surface area (Å²) >= 11 is 6.77. The molecule has 11 heteroatoms. The molecular weight excluding hydrogens is 526 g/mol. The Kier molecular flexibility index (Phi) is 7.46. The predicted octanol–water partition coefficient (Wildman–Crippen LogP) is 2.22. The van der Waals surface area contributed by atoms with Gasteiger partial charge in [0.2, 0.25) is 5.78 Å². The molecule has 210 valence electrons. The van der Waals surface area contributed by atoms with Crippen molar-refractivity contribution in [1.29, 1.82) is 0 Å². The Morgan fingerprint density at radius 1 is 1.31 bits per heavy atom. The molecule has 1 aromatic carbocycles. The second kappa shape index (κ2) is 10.1. The maximum absolute atomic E-state index is 13.7. The minimum atomic E-state index is -2.67. The van der Waals surface area contributed by atoms with Crippen molar-refractivity contribution in [3.8, 4) is 5.75 Å². The Labute approximate surface area is 231 Å². The first-order valence-electron chi connectivity index (χ1n) is 12.7. The van der Waals surface area contributed by atoms with E-state index in [2.05, 4.69) is 5.32 Å². The normalized spacial score (nSPS) is 27.9. The summed E-state index contributed by atoms with van der Waals surface area (Å²) in [4.78, 5) is 40.6. The summed E-state index contributed by atoms with van der Waals surface area (Å²) in [6.07, 6.45) is 2.13. The number of ketones is 2. The third-order valence-electron chi connectivity index (χ3n) is 8.47. The Morgan fingerprint density at radius 3 is 2.51 bits per heavy atom. The molecule has 0 fully saturated rings. The molecule has 1 amide bonds. The fraction of sp³-hybridized carbons (Fsp3) is 0.464. The Morgan fingerprint density at radius 2 is 1.95 bits per heavy atom. The number of primary amides is 1. The van der Waals surface area contributed by atoms with Crippen LogP contribution in [0.25, 0.3) is 0 Å². The van der Waals surface area contributed by atoms with Crippen LogP contribution in [0.3, 0.4) is 0 Å². The van der Waals surface area contributed by atoms with Crippen LogP contribution in [0.4, 0.5) is 0 Å². The van der Waals surface area contributed by atoms with Crippen molar-refractivity contribution in [3.05, 3.63) is 62.1 Å². The van der Waals surface area contributed by atoms with E-state index >= 15 is 0 Å². The van der Waals surface area contributed by atoms with Gasteiger partial charge in [-0.25, -0.2) is 0 Å². The fourth-order valence-corrected chi connectivity index (χ4v) is 6.45. The van der Waals surface area contributed by atoms with E-state index in [4.69, 9.17) is 17.3 Å². The SMILES string of the molecule is C/C=C(\C)[C@@H](C)NCc1cc(O)c2c(c1Cl)C[C@H]1C[C@H]3[C@H](N(C)C)C(O)=C(C(N)=O)C(=O)[C@@]3(O)C(O)=C1C2=O. The molecule has 39 heavy (non-hydrogen) atoms. The number of hydrogen-bond acceptors (Lipinski definition) is 9. The number of amides is 1. The molecule has 0 spiro atoms. The summed E-state index contributed by atoms with van der Waals surface area (Å²) in [5.41, 5.74) is 3.63. The standard InChI is InChI=1S/C28H34ClN3O7/c1-6-11(2)12(3)31-10-14-9-17(33)19-15(21(14)29)7-13-8-16-22(32(4)5)24(35)20(27(30)38)26(37)28(16,39)25(36)18(13)23(19)34/h6,9,12-13,16,22,31,33,35-36,39H,7-8,10H2,1-5H3,(H2,30,38)/b11-6+/t12-,13+,16+,22+,28+/m1/s1. The summed E-state index contributed by atoms with van der Waals surface area (Å²) < 4.78 is 0. The van der Waals surface area contributed by atoms with E-state index in [1.54, 1.807) is 14.1 Å². The van der Waals surface area contributed by atoms with Crippen LogP contribution >= 0.6 is 11.6 Å². The highest BCUT2D eigenvalue weighted by molar-refractivity contribution is 6.33. The number of benzene rings is 1. The zero-order valence-corrected chi connectivity index (χ0v) is 23.3. The van der Waals surface area contributed by atoms with Gasteiger partial charge < -0.3 is 31.5 Å². The van der Waals surface area contributed by atoms with Gasteiger partial charge >= 0.3 is 0 Å². The van der Waals surface area contributed by atoms with Gasteiger partial charge in [-0.05, 0) is 70.8 Å². The summed E-state index contributed by atoms with van der Waals surface area (Å²) in [7, 11) is 3.16. The van der Waals surface area contributed by atoms with Gasteiger partial charge in [0, 0.05) is 29.1 Å². The van der Waals surface area contributed by atoms with E-state index in [0.717, 1.165) is 5.57 Å². The first kappa shape index (κ1) is 28.8. The lowest BCUT2D eigenvalue weighted by Crippen LogP contribution is -2.63. The molecule has 0 saturated heterocycles. The molecule has 0 radical (unpaired) electrons. The lowest BCUT2D eigenvalue weighted by Gasteiger charge is -2.50. The molecule has 3 aliphatic rings. The van der Waals surface area contributed by atoms with Crippen LogP contribution in [0.15, 0.2) is 40.4 Å². The number of fused-ring (bicyclic) bond motifs is 3. The molecule has 0 aromatic heterocycles. The Hall–Kier alpha value is -3.18. The van der Waals surface area contributed by atoms with E-state index < -0.39 is 58.0 Å². The number of carbonyl (C=O) groups is 3. The number of nitrogens with one attached hydrogen (secondary N) is 1. The number of nitrogens with zero attached hydrogens (tertiary/aromatic N) is 1. The van der Waals surface area contributed by atoms with E-state index in [1.165, 1.54) is 11.0 Å². The Balaban J connectivity index is 1.83. The summed E-state index contributed by atoms with van der Waals surface area (Å²) in [6, 6.07) is 0.388. The monoisotopic (exact) mass is 559 g/mol. The number of halogens is 1. The van der Waals surface area contributed by atoms with Gasteiger partial charge in [-0.2, -0.15) is 0 Å². The van der Waals surface area contributed by atoms with Crippen LogP contribution in [0.2, 0.25) is 5.02 Å². The van der Waals surface area contributed by atoms with E-state index in [-0.39, 0.29) is 35.8 Å². The third-order valence-corrected chi connectivity index (χ3v) is 8.94. The highest BCUT2D eigenvalue weighted by atomic mass is 35.5. The number of likely N-dealkylation sites (N-methyl/N-ethyl adjacent to an activating group) is 1. The second-order valence-electron chi connectivity index (χ2n) is 10.8. The number of allylic oxidation sites excluding steroid dienone is 2. The minimum Gasteiger partial charge on any atom is -0.510 e. The molecule has 10 nitrogen and oxygen atoms in total. The number of hydrogen-bond donors (Lipinski definition) is 6. The summed E-state index contributed by atoms with van der Waals surface area (Å²) in [5.74, 6) is -6.93. The van der Waals surface area contributed by atoms with Crippen LogP contribution in [0.1, 0.15) is 48.7 Å². The van der Waals surface area contributed by atoms with Crippen molar-refractivity contribution in [1.82, 2.24) is 10.2 Å². The van der Waals surface area contributed by atoms with E-state index in [9.17, 15) is 34.8 Å². The lowest BCUT2D eigenvalue weighted by molar-refractivity contribution is -0.148. The smallest absolute Gasteiger partial charge is 0.255 e. The van der Waals surface area contributed by atoms with Gasteiger partial charge in [0.05, 0.1) is 11.6 Å². The maximum Gasteiger partial charge on any atom is 0.255 e. The van der Waals surface area contributed by atoms with Crippen LogP contribution in [0, 0.1) is 11.8 Å². The third kappa shape index (κ3) is 4.26. The number of phenols is 1. The first-order chi connectivity index (χ1) is 18.2. The number of aliphatic hydroxyl groups excluding tert-OH is 2. The minimum absolute atomic E-state index is 0.00283. The molecular formula is C28H34ClN3O7. The Bertz CT molecular complexity index is 1380. The van der Waals surface area contributed by atoms with Crippen molar-refractivity contribution < 1.29 is 34.8 Å². The number of carbonyl (C=O) groups excluding carboxylic acids is 3. The van der Waals surface area contributed by atoms with Crippen LogP contribution in [0.5, 0.6) is 5.75 Å². The van der Waals surface area contributed by atoms with Gasteiger partial charge in [0.15, 0.2) is 11.4 Å². The van der Waals surface area contributed by atoms with Gasteiger partial charge in [-0.3, -0.25) is 19.3 Å². The molecule has 0 bridgehead atoms. The van der Waals surface area contributed by atoms with Gasteiger partial charge in [-0.1, -0.05) is 23.3 Å². The van der Waals surface area contributed by atoms with Crippen molar-refractivity contribution in [2.24, 2.45) is 17.6 Å². The molecule has 7 N–H and O–H groups in total. The van der Waals surface area contributed by atoms with Gasteiger partial charge in [0.25, 0.3) is 5.91 Å². The molecule has 1 aromatic rings. The van der Waals surface area contributed by atoms with Gasteiger partial charge in [0.1, 0.15) is 22.8 Å². The average Bonchev–Trinajstić information content (AvgIpc) is 2.86. The lowest BCUT2D eigenvalue weighted by atomic mass is 9.58. The van der Waals surface area contributed by atoms with E-state index in [1.807, 2.05) is 26.8 Å². The molecule has 4 rings (SSSR count). The zero-order valence-electron chi connectivity index (χ0n) is 22.5. The van der Waals surface area contributed by atoms with Crippen LogP contribution in [-0.2, 0) is 22.6 Å². The topological polar surface area (TPSA) is 173 Å². The number of aromatic hydroxyl groups is 1. The highest BCUT2D eigenvalue weighted by Crippen LogP contribution is 2.53. The molecule has 3 aliphatic carbocycles. The summed E-state index contributed by atoms with van der Waals surface area (Å²) in [5, 5.41) is 48.3. The highest BCUT2D eigenvalue weighted by Gasteiger charge is 2.63. The number of phenolic OH excluding ortho intramolecular Hbond substituents is 1. The number of nitrogens with two attached hydrogens (primary N) is 1. The molecule has 0 heterocycles. The van der Waals surface area contributed by atoms with Gasteiger partial charge in [-0.15, -0.1) is 0 Å². The number of aliphatic hydroxyl groups is 3. The molecule has 0 unspecified atom stereocenters. The van der Waals surface area contributed by atoms with Crippen molar-refractivity contribution in [2.45, 2.75) is 57.8 Å². The maximum atomic E-state index is 13.7. The predicted molar refractivity (Wildman–Crippen MR) is 144 cm³/mol. The van der Waals surface area contributed by atoms with Crippen molar-refractivity contribution >= 4 is 29.1 Å². The molecule has 5 atom stereocenters. The average molecular weight is 560 g/mol. The first-order valence-corrected chi connectivity index (χ1v) is 13.1. The second-order valence-corrected chi connectivity index (χ2v) is 11.2. The number of rotatable bonds is 6. The fourth-order valence-electron chi connectivity index (χ4n) is 6.16. The zero-order chi connectivity index (χ0) is 29.1. The summed E-state index contributed by atoms with van der Waals surface area (Å²) in [6.45, 7) is 6.25. The van der Waals surface area contributed by atoms with Crippen molar-refractivity contribution in [3.63, 3.8) is 0 Å². The van der Waals surface area contributed by atoms with E-state index in [0.29, 0.717) is 22.7 Å². The van der Waals surface area contributed by atoms with Crippen LogP contribution < -0.4 is 11.1 Å².